The number of allylic oxidation sites excluding steroid dienone is 4. The molecule has 146 valence electrons. The zero-order valence-electron chi connectivity index (χ0n) is 17.6. The largest absolute Gasteiger partial charge is 0.393 e. The molecule has 0 aromatic heterocycles. The Kier molecular flexibility index (Phi) is 4.29. The van der Waals surface area contributed by atoms with Gasteiger partial charge in [0, 0.05) is 0 Å². The number of hydrogen-bond donors (Lipinski definition) is 2. The summed E-state index contributed by atoms with van der Waals surface area (Å²) in [5.41, 5.74) is 11.9. The van der Waals surface area contributed by atoms with Crippen molar-refractivity contribution < 1.29 is 5.11 Å². The van der Waals surface area contributed by atoms with E-state index in [0.29, 0.717) is 23.2 Å². The van der Waals surface area contributed by atoms with Gasteiger partial charge in [0.2, 0.25) is 0 Å². The minimum atomic E-state index is -0.142. The van der Waals surface area contributed by atoms with Gasteiger partial charge in [-0.1, -0.05) is 46.3 Å². The fraction of sp³-hybridized carbons (Fsp3) is 0.833. The molecule has 4 rings (SSSR count). The first-order valence-corrected chi connectivity index (χ1v) is 11.0. The van der Waals surface area contributed by atoms with Gasteiger partial charge in [-0.25, -0.2) is 0 Å². The lowest BCUT2D eigenvalue weighted by Crippen LogP contribution is -2.53. The number of aliphatic hydroxyl groups excluding tert-OH is 1. The highest BCUT2D eigenvalue weighted by molar-refractivity contribution is 5.49. The van der Waals surface area contributed by atoms with Crippen LogP contribution in [0.3, 0.4) is 0 Å². The van der Waals surface area contributed by atoms with Crippen LogP contribution in [-0.2, 0) is 0 Å². The number of aliphatic hydroxyl groups is 1. The van der Waals surface area contributed by atoms with Gasteiger partial charge < -0.3 is 10.8 Å². The van der Waals surface area contributed by atoms with E-state index in [9.17, 15) is 5.11 Å². The van der Waals surface area contributed by atoms with Gasteiger partial charge in [0.05, 0.1) is 6.10 Å². The van der Waals surface area contributed by atoms with Gasteiger partial charge in [-0.2, -0.15) is 0 Å². The molecule has 6 atom stereocenters. The first-order chi connectivity index (χ1) is 12.2. The third-order valence-corrected chi connectivity index (χ3v) is 9.49. The second-order valence-corrected chi connectivity index (χ2v) is 10.9. The van der Waals surface area contributed by atoms with E-state index < -0.39 is 0 Å². The molecule has 2 heteroatoms. The van der Waals surface area contributed by atoms with E-state index in [1.165, 1.54) is 32.1 Å². The Hall–Kier alpha value is -0.600. The van der Waals surface area contributed by atoms with Gasteiger partial charge in [0.15, 0.2) is 0 Å². The monoisotopic (exact) mass is 357 g/mol. The first kappa shape index (κ1) is 18.7. The maximum Gasteiger partial charge on any atom is 0.0594 e. The van der Waals surface area contributed by atoms with E-state index in [4.69, 9.17) is 5.73 Å². The Bertz CT molecular complexity index is 659. The van der Waals surface area contributed by atoms with Crippen LogP contribution in [0, 0.1) is 34.0 Å². The Balaban J connectivity index is 1.74. The summed E-state index contributed by atoms with van der Waals surface area (Å²) < 4.78 is 0. The van der Waals surface area contributed by atoms with Crippen molar-refractivity contribution in [1.29, 1.82) is 0 Å². The number of fused-ring (bicyclic) bond motifs is 4. The van der Waals surface area contributed by atoms with Crippen molar-refractivity contribution in [2.75, 3.05) is 6.54 Å². The topological polar surface area (TPSA) is 46.2 Å². The highest BCUT2D eigenvalue weighted by Gasteiger charge is 2.57. The SMILES string of the molecule is C[C@H](CN)[C@H]1CC=C2C3=C(CC[C@@]21C)[C@@]1(C)CCC(O)C(C)(C)C1CC3. The molecule has 2 unspecified atom stereocenters. The molecule has 0 saturated heterocycles. The van der Waals surface area contributed by atoms with Crippen LogP contribution in [-0.4, -0.2) is 17.8 Å². The van der Waals surface area contributed by atoms with Crippen molar-refractivity contribution in [1.82, 2.24) is 0 Å². The maximum absolute atomic E-state index is 10.7. The van der Waals surface area contributed by atoms with Crippen molar-refractivity contribution in [3.63, 3.8) is 0 Å². The van der Waals surface area contributed by atoms with Crippen LogP contribution in [0.5, 0.6) is 0 Å². The lowest BCUT2D eigenvalue weighted by atomic mass is 9.46. The highest BCUT2D eigenvalue weighted by atomic mass is 16.3. The van der Waals surface area contributed by atoms with Crippen LogP contribution in [0.1, 0.15) is 79.6 Å². The number of nitrogens with two attached hydrogens (primary N) is 1. The standard InChI is InChI=1S/C24H39NO/c1-15(14-25)17-7-8-18-16-6-9-20-22(2,3)21(26)11-13-24(20,5)19(16)10-12-23(17,18)4/h8,15,17,20-21,26H,6-7,9-14,25H2,1-5H3/t15-,17-,20?,21?,23-,24-/m1/s1. The molecule has 1 fully saturated rings. The highest BCUT2D eigenvalue weighted by Crippen LogP contribution is 2.66. The van der Waals surface area contributed by atoms with Gasteiger partial charge in [-0.3, -0.25) is 0 Å². The molecule has 2 nitrogen and oxygen atoms in total. The van der Waals surface area contributed by atoms with Crippen LogP contribution in [0.2, 0.25) is 0 Å². The molecule has 0 bridgehead atoms. The van der Waals surface area contributed by atoms with Crippen LogP contribution < -0.4 is 5.73 Å². The molecule has 0 aliphatic heterocycles. The van der Waals surface area contributed by atoms with E-state index in [1.807, 2.05) is 0 Å². The zero-order chi connectivity index (χ0) is 18.9. The lowest BCUT2D eigenvalue weighted by Gasteiger charge is -2.59. The molecule has 0 aromatic carbocycles. The number of hydrogen-bond acceptors (Lipinski definition) is 2. The predicted molar refractivity (Wildman–Crippen MR) is 109 cm³/mol. The summed E-state index contributed by atoms with van der Waals surface area (Å²) in [7, 11) is 0. The van der Waals surface area contributed by atoms with E-state index in [1.54, 1.807) is 16.7 Å². The second-order valence-electron chi connectivity index (χ2n) is 10.9. The van der Waals surface area contributed by atoms with Crippen molar-refractivity contribution in [3.05, 3.63) is 22.8 Å². The Labute approximate surface area is 160 Å². The van der Waals surface area contributed by atoms with Crippen LogP contribution in [0.4, 0.5) is 0 Å². The molecule has 0 amide bonds. The normalized spacial score (nSPS) is 45.5. The summed E-state index contributed by atoms with van der Waals surface area (Å²) in [6.07, 6.45) is 10.8. The summed E-state index contributed by atoms with van der Waals surface area (Å²) in [4.78, 5) is 0. The molecule has 26 heavy (non-hydrogen) atoms. The minimum absolute atomic E-state index is 0.0347. The lowest BCUT2D eigenvalue weighted by molar-refractivity contribution is -0.0905. The van der Waals surface area contributed by atoms with Gasteiger partial charge in [-0.05, 0) is 96.6 Å². The predicted octanol–water partition coefficient (Wildman–Crippen LogP) is 5.22. The molecule has 1 saturated carbocycles. The summed E-state index contributed by atoms with van der Waals surface area (Å²) in [5.74, 6) is 1.93. The Morgan fingerprint density at radius 2 is 1.85 bits per heavy atom. The molecule has 0 aromatic rings. The fourth-order valence-corrected chi connectivity index (χ4v) is 7.74. The third kappa shape index (κ3) is 2.30. The summed E-state index contributed by atoms with van der Waals surface area (Å²) in [6.45, 7) is 12.8. The molecule has 4 aliphatic rings. The molecule has 4 aliphatic carbocycles. The molecular weight excluding hydrogens is 318 g/mol. The van der Waals surface area contributed by atoms with Crippen LogP contribution in [0.25, 0.3) is 0 Å². The van der Waals surface area contributed by atoms with Gasteiger partial charge in [-0.15, -0.1) is 0 Å². The Morgan fingerprint density at radius 1 is 1.12 bits per heavy atom. The zero-order valence-corrected chi connectivity index (χ0v) is 17.6. The van der Waals surface area contributed by atoms with E-state index in [-0.39, 0.29) is 16.9 Å². The van der Waals surface area contributed by atoms with Crippen LogP contribution >= 0.6 is 0 Å². The summed E-state index contributed by atoms with van der Waals surface area (Å²) in [6, 6.07) is 0. The van der Waals surface area contributed by atoms with Crippen molar-refractivity contribution in [2.45, 2.75) is 85.7 Å². The quantitative estimate of drug-likeness (QED) is 0.711. The molecule has 0 spiro atoms. The molecule has 0 radical (unpaired) electrons. The van der Waals surface area contributed by atoms with E-state index >= 15 is 0 Å². The summed E-state index contributed by atoms with van der Waals surface area (Å²) in [5, 5.41) is 10.7. The maximum atomic E-state index is 10.7. The third-order valence-electron chi connectivity index (χ3n) is 9.49. The van der Waals surface area contributed by atoms with Gasteiger partial charge >= 0.3 is 0 Å². The molecule has 0 heterocycles. The minimum Gasteiger partial charge on any atom is -0.393 e. The fourth-order valence-electron chi connectivity index (χ4n) is 7.74. The van der Waals surface area contributed by atoms with Gasteiger partial charge in [0.1, 0.15) is 0 Å². The summed E-state index contributed by atoms with van der Waals surface area (Å²) >= 11 is 0. The van der Waals surface area contributed by atoms with Crippen molar-refractivity contribution in [3.8, 4) is 0 Å². The van der Waals surface area contributed by atoms with E-state index in [0.717, 1.165) is 19.4 Å². The average Bonchev–Trinajstić information content (AvgIpc) is 2.95. The number of rotatable bonds is 2. The molecular formula is C24H39NO. The smallest absolute Gasteiger partial charge is 0.0594 e. The van der Waals surface area contributed by atoms with E-state index in [2.05, 4.69) is 40.7 Å². The van der Waals surface area contributed by atoms with Gasteiger partial charge in [0.25, 0.3) is 0 Å². The second kappa shape index (κ2) is 5.95. The first-order valence-electron chi connectivity index (χ1n) is 11.0. The van der Waals surface area contributed by atoms with Crippen molar-refractivity contribution in [2.24, 2.45) is 39.7 Å². The molecule has 3 N–H and O–H groups in total. The van der Waals surface area contributed by atoms with Crippen LogP contribution in [0.15, 0.2) is 22.8 Å². The van der Waals surface area contributed by atoms with Crippen molar-refractivity contribution >= 4 is 0 Å². The Morgan fingerprint density at radius 3 is 2.54 bits per heavy atom. The average molecular weight is 358 g/mol.